The molecule has 0 heterocycles. The molecule has 0 spiro atoms. The van der Waals surface area contributed by atoms with Crippen LogP contribution in [0.2, 0.25) is 10.0 Å². The predicted molar refractivity (Wildman–Crippen MR) is 135 cm³/mol. The molecule has 2 atom stereocenters. The summed E-state index contributed by atoms with van der Waals surface area (Å²) in [6.07, 6.45) is 1.13. The lowest BCUT2D eigenvalue weighted by Crippen LogP contribution is -2.38. The molecule has 0 aromatic heterocycles. The van der Waals surface area contributed by atoms with Crippen LogP contribution in [0.5, 0.6) is 0 Å². The number of halogens is 2. The van der Waals surface area contributed by atoms with E-state index >= 15 is 0 Å². The Bertz CT molecular complexity index is 1200. The number of carbonyl (C=O) groups excluding carboxylic acids is 1. The number of nitrogens with one attached hydrogen (secondary N) is 1. The van der Waals surface area contributed by atoms with Crippen molar-refractivity contribution in [2.45, 2.75) is 31.7 Å². The van der Waals surface area contributed by atoms with Crippen LogP contribution >= 0.6 is 23.2 Å². The van der Waals surface area contributed by atoms with Crippen molar-refractivity contribution in [2.24, 2.45) is 0 Å². The van der Waals surface area contributed by atoms with Crippen LogP contribution in [0.25, 0.3) is 10.8 Å². The van der Waals surface area contributed by atoms with E-state index in [-0.39, 0.29) is 17.9 Å². The van der Waals surface area contributed by atoms with Gasteiger partial charge in [0.05, 0.1) is 6.42 Å². The number of rotatable bonds is 7. The van der Waals surface area contributed by atoms with E-state index in [0.29, 0.717) is 16.5 Å². The van der Waals surface area contributed by atoms with Gasteiger partial charge in [-0.15, -0.1) is 0 Å². The molecule has 2 unspecified atom stereocenters. The minimum absolute atomic E-state index is 0.0175. The van der Waals surface area contributed by atoms with Crippen LogP contribution in [-0.2, 0) is 17.6 Å². The van der Waals surface area contributed by atoms with Crippen LogP contribution in [-0.4, -0.2) is 11.9 Å². The molecule has 0 fully saturated rings. The molecule has 0 bridgehead atoms. The smallest absolute Gasteiger partial charge is 0.224 e. The maximum absolute atomic E-state index is 13.0. The lowest BCUT2D eigenvalue weighted by Gasteiger charge is -2.26. The van der Waals surface area contributed by atoms with Crippen molar-refractivity contribution >= 4 is 39.9 Å². The molecule has 162 valence electrons. The molecule has 1 N–H and O–H groups in total. The van der Waals surface area contributed by atoms with E-state index in [4.69, 9.17) is 23.2 Å². The SMILES string of the molecule is CC(NC(=O)Cc1cccc2ccccc12)C(Cc1ccc(Cl)cc1)c1ccc(Cl)cc1. The van der Waals surface area contributed by atoms with Gasteiger partial charge >= 0.3 is 0 Å². The fraction of sp³-hybridized carbons (Fsp3) is 0.179. The third kappa shape index (κ3) is 5.51. The number of carbonyl (C=O) groups is 1. The molecule has 4 rings (SSSR count). The van der Waals surface area contributed by atoms with Gasteiger partial charge in [-0.25, -0.2) is 0 Å². The first-order valence-corrected chi connectivity index (χ1v) is 11.5. The van der Waals surface area contributed by atoms with E-state index in [1.807, 2.05) is 72.8 Å². The third-order valence-electron chi connectivity index (χ3n) is 5.89. The summed E-state index contributed by atoms with van der Waals surface area (Å²) in [6, 6.07) is 30.0. The minimum atomic E-state index is -0.0608. The van der Waals surface area contributed by atoms with Crippen molar-refractivity contribution < 1.29 is 4.79 Å². The zero-order valence-electron chi connectivity index (χ0n) is 17.9. The maximum Gasteiger partial charge on any atom is 0.224 e. The van der Waals surface area contributed by atoms with E-state index in [1.165, 1.54) is 5.56 Å². The Labute approximate surface area is 199 Å². The van der Waals surface area contributed by atoms with E-state index in [9.17, 15) is 4.79 Å². The maximum atomic E-state index is 13.0. The topological polar surface area (TPSA) is 29.1 Å². The molecule has 0 aliphatic rings. The molecule has 4 aromatic carbocycles. The first kappa shape index (κ1) is 22.4. The van der Waals surface area contributed by atoms with Gasteiger partial charge in [0.25, 0.3) is 0 Å². The van der Waals surface area contributed by atoms with Crippen molar-refractivity contribution in [2.75, 3.05) is 0 Å². The molecule has 0 radical (unpaired) electrons. The second-order valence-electron chi connectivity index (χ2n) is 8.16. The van der Waals surface area contributed by atoms with Crippen molar-refractivity contribution in [3.63, 3.8) is 0 Å². The molecule has 32 heavy (non-hydrogen) atoms. The first-order chi connectivity index (χ1) is 15.5. The molecular weight excluding hydrogens is 437 g/mol. The van der Waals surface area contributed by atoms with Crippen LogP contribution in [0.3, 0.4) is 0 Å². The summed E-state index contributed by atoms with van der Waals surface area (Å²) in [5.74, 6) is 0.119. The summed E-state index contributed by atoms with van der Waals surface area (Å²) in [4.78, 5) is 13.0. The number of fused-ring (bicyclic) bond motifs is 1. The number of benzene rings is 4. The second kappa shape index (κ2) is 10.2. The van der Waals surface area contributed by atoms with Crippen molar-refractivity contribution in [1.29, 1.82) is 0 Å². The van der Waals surface area contributed by atoms with E-state index in [1.54, 1.807) is 0 Å². The average molecular weight is 462 g/mol. The van der Waals surface area contributed by atoms with Gasteiger partial charge in [-0.3, -0.25) is 4.79 Å². The minimum Gasteiger partial charge on any atom is -0.353 e. The number of hydrogen-bond acceptors (Lipinski definition) is 1. The van der Waals surface area contributed by atoms with Crippen LogP contribution in [0.1, 0.15) is 29.5 Å². The summed E-state index contributed by atoms with van der Waals surface area (Å²) >= 11 is 12.2. The highest BCUT2D eigenvalue weighted by Gasteiger charge is 2.22. The van der Waals surface area contributed by atoms with Gasteiger partial charge in [-0.2, -0.15) is 0 Å². The summed E-state index contributed by atoms with van der Waals surface area (Å²) in [7, 11) is 0. The number of hydrogen-bond donors (Lipinski definition) is 1. The van der Waals surface area contributed by atoms with Crippen molar-refractivity contribution in [3.05, 3.63) is 118 Å². The molecule has 4 heteroatoms. The lowest BCUT2D eigenvalue weighted by atomic mass is 9.86. The molecule has 1 amide bonds. The molecule has 0 aliphatic carbocycles. The van der Waals surface area contributed by atoms with Gasteiger partial charge in [-0.05, 0) is 65.1 Å². The second-order valence-corrected chi connectivity index (χ2v) is 9.03. The highest BCUT2D eigenvalue weighted by molar-refractivity contribution is 6.30. The van der Waals surface area contributed by atoms with Crippen LogP contribution in [0, 0.1) is 0 Å². The first-order valence-electron chi connectivity index (χ1n) is 10.8. The van der Waals surface area contributed by atoms with Crippen LogP contribution in [0.15, 0.2) is 91.0 Å². The Kier molecular flexibility index (Phi) is 7.14. The Morgan fingerprint density at radius 1 is 0.812 bits per heavy atom. The Hall–Kier alpha value is -2.81. The van der Waals surface area contributed by atoms with Gasteiger partial charge < -0.3 is 5.32 Å². The standard InChI is InChI=1S/C28H25Cl2NO/c1-19(31-28(32)18-23-7-4-6-21-5-2-3-8-26(21)23)27(22-11-15-25(30)16-12-22)17-20-9-13-24(29)14-10-20/h2-16,19,27H,17-18H2,1H3,(H,31,32). The van der Waals surface area contributed by atoms with Gasteiger partial charge in [0.2, 0.25) is 5.91 Å². The van der Waals surface area contributed by atoms with Gasteiger partial charge in [0.15, 0.2) is 0 Å². The fourth-order valence-corrected chi connectivity index (χ4v) is 4.44. The van der Waals surface area contributed by atoms with Gasteiger partial charge in [0, 0.05) is 22.0 Å². The predicted octanol–water partition coefficient (Wildman–Crippen LogP) is 7.22. The van der Waals surface area contributed by atoms with Crippen molar-refractivity contribution in [1.82, 2.24) is 5.32 Å². The molecule has 0 saturated heterocycles. The van der Waals surface area contributed by atoms with E-state index in [2.05, 4.69) is 30.4 Å². The molecular formula is C28H25Cl2NO. The zero-order valence-corrected chi connectivity index (χ0v) is 19.4. The normalized spacial score (nSPS) is 13.0. The van der Waals surface area contributed by atoms with Gasteiger partial charge in [-0.1, -0.05) is 89.9 Å². The Balaban J connectivity index is 1.53. The van der Waals surface area contributed by atoms with Crippen LogP contribution < -0.4 is 5.32 Å². The monoisotopic (exact) mass is 461 g/mol. The zero-order chi connectivity index (χ0) is 22.5. The third-order valence-corrected chi connectivity index (χ3v) is 6.39. The quantitative estimate of drug-likeness (QED) is 0.309. The molecule has 2 nitrogen and oxygen atoms in total. The highest BCUT2D eigenvalue weighted by Crippen LogP contribution is 2.27. The summed E-state index contributed by atoms with van der Waals surface area (Å²) < 4.78 is 0. The fourth-order valence-electron chi connectivity index (χ4n) is 4.19. The Morgan fingerprint density at radius 3 is 2.16 bits per heavy atom. The average Bonchev–Trinajstić information content (AvgIpc) is 2.79. The summed E-state index contributed by atoms with van der Waals surface area (Å²) in [5, 5.41) is 6.92. The van der Waals surface area contributed by atoms with Crippen LogP contribution in [0.4, 0.5) is 0 Å². The van der Waals surface area contributed by atoms with E-state index in [0.717, 1.165) is 28.3 Å². The molecule has 0 saturated carbocycles. The molecule has 4 aromatic rings. The Morgan fingerprint density at radius 2 is 1.44 bits per heavy atom. The highest BCUT2D eigenvalue weighted by atomic mass is 35.5. The number of amides is 1. The lowest BCUT2D eigenvalue weighted by molar-refractivity contribution is -0.121. The van der Waals surface area contributed by atoms with Crippen molar-refractivity contribution in [3.8, 4) is 0 Å². The molecule has 0 aliphatic heterocycles. The van der Waals surface area contributed by atoms with E-state index < -0.39 is 0 Å². The summed E-state index contributed by atoms with van der Waals surface area (Å²) in [5.41, 5.74) is 3.35. The largest absolute Gasteiger partial charge is 0.353 e. The summed E-state index contributed by atoms with van der Waals surface area (Å²) in [6.45, 7) is 2.07. The van der Waals surface area contributed by atoms with Gasteiger partial charge in [0.1, 0.15) is 0 Å².